The number of anilines is 1. The number of nitrogens with two attached hydrogens (primary N) is 1. The highest BCUT2D eigenvalue weighted by molar-refractivity contribution is 5.91. The number of hydrogen-bond donors (Lipinski definition) is 3. The first-order chi connectivity index (χ1) is 9.69. The monoisotopic (exact) mass is 291 g/mol. The number of rotatable bonds is 2. The van der Waals surface area contributed by atoms with Gasteiger partial charge in [-0.3, -0.25) is 0 Å². The van der Waals surface area contributed by atoms with E-state index in [9.17, 15) is 9.59 Å². The number of carbonyl (C=O) groups is 2. The quantitative estimate of drug-likeness (QED) is 0.706. The van der Waals surface area contributed by atoms with E-state index in [1.807, 2.05) is 0 Å². The third kappa shape index (κ3) is 5.82. The molecule has 0 aromatic carbocycles. The van der Waals surface area contributed by atoms with Crippen molar-refractivity contribution in [2.24, 2.45) is 0 Å². The molecule has 0 aliphatic rings. The van der Waals surface area contributed by atoms with E-state index >= 15 is 0 Å². The molecule has 1 aromatic rings. The molecule has 0 aliphatic carbocycles. The van der Waals surface area contributed by atoms with Gasteiger partial charge >= 0.3 is 12.1 Å². The lowest BCUT2D eigenvalue weighted by molar-refractivity contribution is 0.0534. The first-order valence-electron chi connectivity index (χ1n) is 6.13. The minimum Gasteiger partial charge on any atom is -0.476 e. The highest BCUT2D eigenvalue weighted by atomic mass is 16.6. The number of amides is 1. The van der Waals surface area contributed by atoms with Gasteiger partial charge in [0.1, 0.15) is 5.60 Å². The lowest BCUT2D eigenvalue weighted by Crippen LogP contribution is -2.32. The molecule has 7 heteroatoms. The molecule has 0 atom stereocenters. The molecule has 1 rings (SSSR count). The highest BCUT2D eigenvalue weighted by Gasteiger charge is 2.15. The molecule has 1 aromatic heterocycles. The molecule has 1 amide bonds. The van der Waals surface area contributed by atoms with Gasteiger partial charge in [0.15, 0.2) is 5.69 Å². The van der Waals surface area contributed by atoms with E-state index in [1.165, 1.54) is 12.3 Å². The van der Waals surface area contributed by atoms with Crippen molar-refractivity contribution in [1.82, 2.24) is 10.3 Å². The largest absolute Gasteiger partial charge is 0.476 e. The molecular weight excluding hydrogens is 274 g/mol. The van der Waals surface area contributed by atoms with Crippen molar-refractivity contribution < 1.29 is 19.4 Å². The fourth-order valence-electron chi connectivity index (χ4n) is 1.31. The number of carboxylic acid groups (broad SMARTS) is 1. The average Bonchev–Trinajstić information content (AvgIpc) is 2.32. The molecule has 1 heterocycles. The van der Waals surface area contributed by atoms with Gasteiger partial charge in [0.25, 0.3) is 0 Å². The summed E-state index contributed by atoms with van der Waals surface area (Å²) in [6.45, 7) is 5.37. The average molecular weight is 291 g/mol. The fourth-order valence-corrected chi connectivity index (χ4v) is 1.31. The SMILES string of the molecule is CC(C)(C)OC(=O)NCC#Cc1cnc(C(=O)O)c(N)c1. The van der Waals surface area contributed by atoms with Crippen molar-refractivity contribution in [1.29, 1.82) is 0 Å². The zero-order valence-electron chi connectivity index (χ0n) is 12.1. The minimum absolute atomic E-state index is 0.0365. The van der Waals surface area contributed by atoms with E-state index < -0.39 is 17.7 Å². The topological polar surface area (TPSA) is 115 Å². The summed E-state index contributed by atoms with van der Waals surface area (Å²) < 4.78 is 5.04. The van der Waals surface area contributed by atoms with Gasteiger partial charge in [0.2, 0.25) is 0 Å². The Morgan fingerprint density at radius 2 is 2.14 bits per heavy atom. The van der Waals surface area contributed by atoms with E-state index in [0.29, 0.717) is 5.56 Å². The molecule has 7 nitrogen and oxygen atoms in total. The van der Waals surface area contributed by atoms with Crippen LogP contribution in [0.25, 0.3) is 0 Å². The first-order valence-corrected chi connectivity index (χ1v) is 6.13. The molecule has 0 fully saturated rings. The number of nitrogen functional groups attached to an aromatic ring is 1. The van der Waals surface area contributed by atoms with Gasteiger partial charge in [0, 0.05) is 11.8 Å². The van der Waals surface area contributed by atoms with Crippen LogP contribution in [0.4, 0.5) is 10.5 Å². The standard InChI is InChI=1S/C14H17N3O4/c1-14(2,3)21-13(20)16-6-4-5-9-7-10(15)11(12(18)19)17-8-9/h7-8H,6,15H2,1-3H3,(H,16,20)(H,18,19). The van der Waals surface area contributed by atoms with E-state index in [-0.39, 0.29) is 17.9 Å². The molecule has 0 bridgehead atoms. The van der Waals surface area contributed by atoms with Gasteiger partial charge in [-0.1, -0.05) is 11.8 Å². The summed E-state index contributed by atoms with van der Waals surface area (Å²) in [6.07, 6.45) is 0.746. The van der Waals surface area contributed by atoms with Crippen molar-refractivity contribution in [3.05, 3.63) is 23.5 Å². The summed E-state index contributed by atoms with van der Waals surface area (Å²) in [6, 6.07) is 1.41. The minimum atomic E-state index is -1.20. The van der Waals surface area contributed by atoms with Crippen LogP contribution in [0.5, 0.6) is 0 Å². The molecule has 0 aliphatic heterocycles. The Bertz CT molecular complexity index is 609. The van der Waals surface area contributed by atoms with Crippen LogP contribution >= 0.6 is 0 Å². The van der Waals surface area contributed by atoms with Crippen molar-refractivity contribution >= 4 is 17.7 Å². The summed E-state index contributed by atoms with van der Waals surface area (Å²) in [5.41, 5.74) is 5.26. The Morgan fingerprint density at radius 1 is 1.48 bits per heavy atom. The number of pyridine rings is 1. The Balaban J connectivity index is 2.58. The predicted molar refractivity (Wildman–Crippen MR) is 76.7 cm³/mol. The van der Waals surface area contributed by atoms with Crippen molar-refractivity contribution in [3.8, 4) is 11.8 Å². The maximum Gasteiger partial charge on any atom is 0.408 e. The van der Waals surface area contributed by atoms with E-state index in [4.69, 9.17) is 15.6 Å². The number of aromatic carboxylic acids is 1. The van der Waals surface area contributed by atoms with Crippen molar-refractivity contribution in [2.75, 3.05) is 12.3 Å². The Morgan fingerprint density at radius 3 is 2.67 bits per heavy atom. The van der Waals surface area contributed by atoms with Crippen molar-refractivity contribution in [2.45, 2.75) is 26.4 Å². The van der Waals surface area contributed by atoms with Crippen molar-refractivity contribution in [3.63, 3.8) is 0 Å². The summed E-state index contributed by atoms with van der Waals surface area (Å²) in [7, 11) is 0. The van der Waals surface area contributed by atoms with Gasteiger partial charge in [0.05, 0.1) is 12.2 Å². The smallest absolute Gasteiger partial charge is 0.408 e. The molecule has 0 spiro atoms. The number of aromatic nitrogens is 1. The summed E-state index contributed by atoms with van der Waals surface area (Å²) in [5.74, 6) is 4.21. The van der Waals surface area contributed by atoms with Crippen LogP contribution in [0.15, 0.2) is 12.3 Å². The highest BCUT2D eigenvalue weighted by Crippen LogP contribution is 2.10. The molecule has 0 saturated heterocycles. The van der Waals surface area contributed by atoms with Crippen LogP contribution < -0.4 is 11.1 Å². The summed E-state index contributed by atoms with van der Waals surface area (Å²) in [4.78, 5) is 25.8. The van der Waals surface area contributed by atoms with Crippen LogP contribution in [-0.2, 0) is 4.74 Å². The lowest BCUT2D eigenvalue weighted by atomic mass is 10.2. The van der Waals surface area contributed by atoms with Gasteiger partial charge in [-0.25, -0.2) is 14.6 Å². The Kier molecular flexibility index (Phi) is 5.13. The zero-order chi connectivity index (χ0) is 16.0. The van der Waals surface area contributed by atoms with E-state index in [0.717, 1.165) is 0 Å². The van der Waals surface area contributed by atoms with Crippen LogP contribution in [0.3, 0.4) is 0 Å². The molecule has 112 valence electrons. The van der Waals surface area contributed by atoms with E-state index in [2.05, 4.69) is 22.1 Å². The number of alkyl carbamates (subject to hydrolysis) is 1. The third-order valence-corrected chi connectivity index (χ3v) is 2.07. The maximum absolute atomic E-state index is 11.3. The summed E-state index contributed by atoms with van der Waals surface area (Å²) >= 11 is 0. The molecule has 21 heavy (non-hydrogen) atoms. The predicted octanol–water partition coefficient (Wildman–Crippen LogP) is 1.24. The number of carbonyl (C=O) groups excluding carboxylic acids is 1. The molecule has 4 N–H and O–H groups in total. The van der Waals surface area contributed by atoms with Gasteiger partial charge in [-0.05, 0) is 26.8 Å². The van der Waals surface area contributed by atoms with Crippen LogP contribution in [0, 0.1) is 11.8 Å². The number of hydrogen-bond acceptors (Lipinski definition) is 5. The van der Waals surface area contributed by atoms with Gasteiger partial charge in [-0.15, -0.1) is 0 Å². The lowest BCUT2D eigenvalue weighted by Gasteiger charge is -2.18. The third-order valence-electron chi connectivity index (χ3n) is 2.07. The summed E-state index contributed by atoms with van der Waals surface area (Å²) in [5, 5.41) is 11.3. The maximum atomic E-state index is 11.3. The zero-order valence-corrected chi connectivity index (χ0v) is 12.1. The second-order valence-electron chi connectivity index (χ2n) is 5.12. The molecule has 0 unspecified atom stereocenters. The van der Waals surface area contributed by atoms with Crippen LogP contribution in [0.2, 0.25) is 0 Å². The second kappa shape index (κ2) is 6.61. The Hall–Kier alpha value is -2.75. The van der Waals surface area contributed by atoms with Gasteiger partial charge < -0.3 is 20.9 Å². The number of ether oxygens (including phenoxy) is 1. The Labute approximate surface area is 122 Å². The van der Waals surface area contributed by atoms with E-state index in [1.54, 1.807) is 20.8 Å². The normalized spacial score (nSPS) is 10.2. The molecule has 0 saturated carbocycles. The second-order valence-corrected chi connectivity index (χ2v) is 5.12. The van der Waals surface area contributed by atoms with Crippen LogP contribution in [-0.4, -0.2) is 34.3 Å². The number of nitrogens with zero attached hydrogens (tertiary/aromatic N) is 1. The molecule has 0 radical (unpaired) electrons. The number of carboxylic acids is 1. The van der Waals surface area contributed by atoms with Crippen LogP contribution in [0.1, 0.15) is 36.8 Å². The fraction of sp³-hybridized carbons (Fsp3) is 0.357. The molecular formula is C14H17N3O4. The number of nitrogens with one attached hydrogen (secondary N) is 1. The first kappa shape index (κ1) is 16.3. The van der Waals surface area contributed by atoms with Gasteiger partial charge in [-0.2, -0.15) is 0 Å².